The first-order chi connectivity index (χ1) is 11.7. The molecule has 0 bridgehead atoms. The number of nitrogens with zero attached hydrogens (tertiary/aromatic N) is 4. The Bertz CT molecular complexity index is 759. The second-order valence-electron chi connectivity index (χ2n) is 5.57. The molecule has 126 valence electrons. The number of anilines is 2. The van der Waals surface area contributed by atoms with Gasteiger partial charge >= 0.3 is 6.09 Å². The number of amides is 1. The topological polar surface area (TPSA) is 83.7 Å². The first-order valence-electron chi connectivity index (χ1n) is 7.76. The van der Waals surface area contributed by atoms with Crippen LogP contribution in [0.15, 0.2) is 22.7 Å². The van der Waals surface area contributed by atoms with Crippen molar-refractivity contribution >= 4 is 17.7 Å². The summed E-state index contributed by atoms with van der Waals surface area (Å²) in [6.07, 6.45) is -0.445. The van der Waals surface area contributed by atoms with Gasteiger partial charge in [-0.2, -0.15) is 4.98 Å². The summed E-state index contributed by atoms with van der Waals surface area (Å²) in [6, 6.07) is 4.33. The average molecular weight is 333 g/mol. The third kappa shape index (κ3) is 2.67. The zero-order valence-corrected chi connectivity index (χ0v) is 12.9. The van der Waals surface area contributed by atoms with Gasteiger partial charge in [0.05, 0.1) is 12.1 Å². The number of piperazine rings is 1. The molecule has 0 unspecified atom stereocenters. The van der Waals surface area contributed by atoms with E-state index in [0.29, 0.717) is 24.8 Å². The van der Waals surface area contributed by atoms with Crippen LogP contribution in [0.25, 0.3) is 11.5 Å². The van der Waals surface area contributed by atoms with Crippen LogP contribution in [0.1, 0.15) is 0 Å². The molecule has 1 aromatic carbocycles. The summed E-state index contributed by atoms with van der Waals surface area (Å²) in [6.45, 7) is 3.96. The maximum Gasteiger partial charge on any atom is 0.414 e. The van der Waals surface area contributed by atoms with Crippen molar-refractivity contribution in [3.63, 3.8) is 0 Å². The standard InChI is InChI=1S/C15H16FN5O3/c16-12-2-1-10(21-7-8-23-15(21)22)9-11(12)13-18-14(19-24-13)20-5-3-17-4-6-20/h1-2,9,17H,3-8H2. The largest absolute Gasteiger partial charge is 0.447 e. The fraction of sp³-hybridized carbons (Fsp3) is 0.400. The van der Waals surface area contributed by atoms with E-state index < -0.39 is 11.9 Å². The lowest BCUT2D eigenvalue weighted by atomic mass is 10.1. The monoisotopic (exact) mass is 333 g/mol. The summed E-state index contributed by atoms with van der Waals surface area (Å²) in [5, 5.41) is 7.18. The predicted molar refractivity (Wildman–Crippen MR) is 83.5 cm³/mol. The number of halogens is 1. The molecule has 24 heavy (non-hydrogen) atoms. The maximum absolute atomic E-state index is 14.2. The van der Waals surface area contributed by atoms with Crippen LogP contribution in [0.5, 0.6) is 0 Å². The van der Waals surface area contributed by atoms with Gasteiger partial charge in [0.2, 0.25) is 0 Å². The van der Waals surface area contributed by atoms with Crippen molar-refractivity contribution in [2.75, 3.05) is 49.1 Å². The van der Waals surface area contributed by atoms with Crippen molar-refractivity contribution in [2.45, 2.75) is 0 Å². The summed E-state index contributed by atoms with van der Waals surface area (Å²) in [5.74, 6) is 0.0501. The third-order valence-corrected chi connectivity index (χ3v) is 4.07. The smallest absolute Gasteiger partial charge is 0.414 e. The van der Waals surface area contributed by atoms with Crippen LogP contribution in [0.2, 0.25) is 0 Å². The molecule has 2 saturated heterocycles. The summed E-state index contributed by atoms with van der Waals surface area (Å²) in [7, 11) is 0. The highest BCUT2D eigenvalue weighted by atomic mass is 19.1. The molecule has 0 radical (unpaired) electrons. The number of rotatable bonds is 3. The van der Waals surface area contributed by atoms with E-state index >= 15 is 0 Å². The van der Waals surface area contributed by atoms with Crippen molar-refractivity contribution in [1.29, 1.82) is 0 Å². The molecule has 4 rings (SSSR count). The molecule has 2 fully saturated rings. The number of carbonyl (C=O) groups excluding carboxylic acids is 1. The molecule has 2 aromatic rings. The lowest BCUT2D eigenvalue weighted by Gasteiger charge is -2.25. The molecule has 1 N–H and O–H groups in total. The molecule has 2 aliphatic heterocycles. The normalized spacial score (nSPS) is 18.1. The van der Waals surface area contributed by atoms with Crippen LogP contribution in [0.4, 0.5) is 20.8 Å². The van der Waals surface area contributed by atoms with E-state index in [1.165, 1.54) is 23.1 Å². The van der Waals surface area contributed by atoms with Gasteiger partial charge in [-0.25, -0.2) is 9.18 Å². The highest BCUT2D eigenvalue weighted by molar-refractivity contribution is 5.90. The molecule has 8 nitrogen and oxygen atoms in total. The van der Waals surface area contributed by atoms with Gasteiger partial charge in [0.15, 0.2) is 0 Å². The van der Waals surface area contributed by atoms with Gasteiger partial charge in [0.1, 0.15) is 12.4 Å². The Kier molecular flexibility index (Phi) is 3.77. The molecular weight excluding hydrogens is 317 g/mol. The quantitative estimate of drug-likeness (QED) is 0.905. The van der Waals surface area contributed by atoms with Gasteiger partial charge in [-0.05, 0) is 23.4 Å². The van der Waals surface area contributed by atoms with Crippen molar-refractivity contribution in [1.82, 2.24) is 15.5 Å². The van der Waals surface area contributed by atoms with Crippen LogP contribution in [0.3, 0.4) is 0 Å². The molecule has 0 saturated carbocycles. The summed E-state index contributed by atoms with van der Waals surface area (Å²) in [5.41, 5.74) is 0.705. The fourth-order valence-corrected chi connectivity index (χ4v) is 2.79. The van der Waals surface area contributed by atoms with Crippen molar-refractivity contribution in [3.8, 4) is 11.5 Å². The Balaban J connectivity index is 1.63. The lowest BCUT2D eigenvalue weighted by Crippen LogP contribution is -2.44. The average Bonchev–Trinajstić information content (AvgIpc) is 3.25. The first-order valence-corrected chi connectivity index (χ1v) is 7.76. The highest BCUT2D eigenvalue weighted by Gasteiger charge is 2.26. The Hall–Kier alpha value is -2.68. The molecule has 0 spiro atoms. The SMILES string of the molecule is O=C1OCCN1c1ccc(F)c(-c2nc(N3CCNCC3)no2)c1. The Morgan fingerprint density at radius 2 is 2.04 bits per heavy atom. The minimum atomic E-state index is -0.484. The lowest BCUT2D eigenvalue weighted by molar-refractivity contribution is 0.181. The second-order valence-corrected chi connectivity index (χ2v) is 5.57. The number of ether oxygens (including phenoxy) is 1. The van der Waals surface area contributed by atoms with Gasteiger partial charge in [-0.15, -0.1) is 0 Å². The number of nitrogens with one attached hydrogen (secondary N) is 1. The third-order valence-electron chi connectivity index (χ3n) is 4.07. The minimum absolute atomic E-state index is 0.0930. The Labute approximate surface area is 137 Å². The van der Waals surface area contributed by atoms with Gasteiger partial charge in [-0.3, -0.25) is 4.90 Å². The number of benzene rings is 1. The Morgan fingerprint density at radius 1 is 1.21 bits per heavy atom. The molecule has 3 heterocycles. The van der Waals surface area contributed by atoms with Crippen LogP contribution < -0.4 is 15.1 Å². The van der Waals surface area contributed by atoms with Gasteiger partial charge < -0.3 is 19.5 Å². The maximum atomic E-state index is 14.2. The summed E-state index contributed by atoms with van der Waals surface area (Å²) < 4.78 is 24.3. The van der Waals surface area contributed by atoms with Gasteiger partial charge in [0.25, 0.3) is 11.8 Å². The van der Waals surface area contributed by atoms with E-state index in [1.807, 2.05) is 4.90 Å². The van der Waals surface area contributed by atoms with E-state index in [4.69, 9.17) is 9.26 Å². The molecule has 1 aromatic heterocycles. The van der Waals surface area contributed by atoms with E-state index in [9.17, 15) is 9.18 Å². The van der Waals surface area contributed by atoms with Crippen LogP contribution in [0, 0.1) is 5.82 Å². The van der Waals surface area contributed by atoms with E-state index in [1.54, 1.807) is 0 Å². The number of cyclic esters (lactones) is 1. The fourth-order valence-electron chi connectivity index (χ4n) is 2.79. The minimum Gasteiger partial charge on any atom is -0.447 e. The van der Waals surface area contributed by atoms with E-state index in [0.717, 1.165) is 26.2 Å². The molecule has 0 atom stereocenters. The first kappa shape index (κ1) is 14.9. The molecule has 9 heteroatoms. The predicted octanol–water partition coefficient (Wildman–Crippen LogP) is 1.24. The second kappa shape index (κ2) is 6.08. The molecule has 1 amide bonds. The van der Waals surface area contributed by atoms with Crippen molar-refractivity contribution < 1.29 is 18.4 Å². The van der Waals surface area contributed by atoms with E-state index in [-0.39, 0.29) is 11.5 Å². The molecule has 0 aliphatic carbocycles. The number of aromatic nitrogens is 2. The number of hydrogen-bond acceptors (Lipinski definition) is 7. The van der Waals surface area contributed by atoms with Gasteiger partial charge in [-0.1, -0.05) is 0 Å². The number of hydrogen-bond donors (Lipinski definition) is 1. The summed E-state index contributed by atoms with van der Waals surface area (Å²) in [4.78, 5) is 19.4. The van der Waals surface area contributed by atoms with Crippen molar-refractivity contribution in [3.05, 3.63) is 24.0 Å². The zero-order valence-electron chi connectivity index (χ0n) is 12.9. The van der Waals surface area contributed by atoms with Crippen molar-refractivity contribution in [2.24, 2.45) is 0 Å². The summed E-state index contributed by atoms with van der Waals surface area (Å²) >= 11 is 0. The van der Waals surface area contributed by atoms with Crippen LogP contribution in [-0.4, -0.2) is 55.6 Å². The van der Waals surface area contributed by atoms with E-state index in [2.05, 4.69) is 15.5 Å². The molecule has 2 aliphatic rings. The van der Waals surface area contributed by atoms with Crippen LogP contribution >= 0.6 is 0 Å². The van der Waals surface area contributed by atoms with Gasteiger partial charge in [0, 0.05) is 31.9 Å². The molecular formula is C15H16FN5O3. The van der Waals surface area contributed by atoms with Crippen LogP contribution in [-0.2, 0) is 4.74 Å². The zero-order chi connectivity index (χ0) is 16.5. The Morgan fingerprint density at radius 3 is 2.79 bits per heavy atom. The highest BCUT2D eigenvalue weighted by Crippen LogP contribution is 2.29. The number of carbonyl (C=O) groups is 1.